The molecule has 0 saturated carbocycles. The average molecular weight is 327 g/mol. The number of nitrogens with zero attached hydrogens (tertiary/aromatic N) is 2. The summed E-state index contributed by atoms with van der Waals surface area (Å²) in [7, 11) is 0. The summed E-state index contributed by atoms with van der Waals surface area (Å²) >= 11 is 0. The van der Waals surface area contributed by atoms with Crippen molar-refractivity contribution in [3.8, 4) is 11.3 Å². The van der Waals surface area contributed by atoms with Crippen LogP contribution in [0, 0.1) is 0 Å². The molecule has 0 aliphatic carbocycles. The fourth-order valence-corrected chi connectivity index (χ4v) is 3.00. The highest BCUT2D eigenvalue weighted by molar-refractivity contribution is 5.68. The summed E-state index contributed by atoms with van der Waals surface area (Å²) in [6.07, 6.45) is 3.63. The number of benzene rings is 1. The molecule has 0 radical (unpaired) electrons. The number of likely N-dealkylation sites (tertiary alicyclic amines) is 1. The SMILES string of the molecule is CC(C)(C)OC(=O)N1CCC[C@@H](c2ncc(-c3ccccc3)[nH]2)C1. The molecule has 2 aromatic rings. The van der Waals surface area contributed by atoms with Crippen molar-refractivity contribution >= 4 is 6.09 Å². The first-order valence-electron chi connectivity index (χ1n) is 8.50. The van der Waals surface area contributed by atoms with Gasteiger partial charge in [-0.3, -0.25) is 0 Å². The van der Waals surface area contributed by atoms with Crippen molar-refractivity contribution in [1.82, 2.24) is 14.9 Å². The first kappa shape index (κ1) is 16.6. The van der Waals surface area contributed by atoms with Gasteiger partial charge < -0.3 is 14.6 Å². The molecule has 1 amide bonds. The van der Waals surface area contributed by atoms with E-state index in [1.54, 1.807) is 4.90 Å². The van der Waals surface area contributed by atoms with Crippen molar-refractivity contribution < 1.29 is 9.53 Å². The fraction of sp³-hybridized carbons (Fsp3) is 0.474. The van der Waals surface area contributed by atoms with Crippen molar-refractivity contribution in [2.24, 2.45) is 0 Å². The van der Waals surface area contributed by atoms with Crippen LogP contribution in [0.2, 0.25) is 0 Å². The Hall–Kier alpha value is -2.30. The minimum atomic E-state index is -0.463. The van der Waals surface area contributed by atoms with Crippen molar-refractivity contribution in [2.75, 3.05) is 13.1 Å². The Morgan fingerprint density at radius 1 is 1.29 bits per heavy atom. The van der Waals surface area contributed by atoms with Crippen LogP contribution in [0.3, 0.4) is 0 Å². The predicted molar refractivity (Wildman–Crippen MR) is 93.8 cm³/mol. The highest BCUT2D eigenvalue weighted by atomic mass is 16.6. The predicted octanol–water partition coefficient (Wildman–Crippen LogP) is 4.19. The number of nitrogens with one attached hydrogen (secondary N) is 1. The third-order valence-electron chi connectivity index (χ3n) is 4.14. The van der Waals surface area contributed by atoms with E-state index in [2.05, 4.69) is 22.1 Å². The van der Waals surface area contributed by atoms with Crippen LogP contribution in [0.25, 0.3) is 11.3 Å². The highest BCUT2D eigenvalue weighted by Crippen LogP contribution is 2.28. The van der Waals surface area contributed by atoms with Gasteiger partial charge in [0.05, 0.1) is 11.9 Å². The number of imidazole rings is 1. The third kappa shape index (κ3) is 3.96. The number of carbonyl (C=O) groups is 1. The monoisotopic (exact) mass is 327 g/mol. The van der Waals surface area contributed by atoms with E-state index < -0.39 is 5.60 Å². The molecule has 0 spiro atoms. The van der Waals surface area contributed by atoms with Gasteiger partial charge in [0.1, 0.15) is 11.4 Å². The topological polar surface area (TPSA) is 58.2 Å². The number of aromatic amines is 1. The highest BCUT2D eigenvalue weighted by Gasteiger charge is 2.29. The first-order chi connectivity index (χ1) is 11.4. The number of piperidine rings is 1. The third-order valence-corrected chi connectivity index (χ3v) is 4.14. The van der Waals surface area contributed by atoms with Crippen LogP contribution in [-0.4, -0.2) is 39.7 Å². The molecule has 1 saturated heterocycles. The lowest BCUT2D eigenvalue weighted by atomic mass is 9.98. The van der Waals surface area contributed by atoms with E-state index in [0.29, 0.717) is 6.54 Å². The fourth-order valence-electron chi connectivity index (χ4n) is 3.00. The summed E-state index contributed by atoms with van der Waals surface area (Å²) in [5.74, 6) is 1.17. The molecule has 1 atom stereocenters. The van der Waals surface area contributed by atoms with Gasteiger partial charge in [0.25, 0.3) is 0 Å². The van der Waals surface area contributed by atoms with Crippen LogP contribution >= 0.6 is 0 Å². The van der Waals surface area contributed by atoms with E-state index in [1.807, 2.05) is 45.2 Å². The van der Waals surface area contributed by atoms with Crippen LogP contribution in [0.4, 0.5) is 4.79 Å². The molecule has 1 aromatic carbocycles. The summed E-state index contributed by atoms with van der Waals surface area (Å²) in [6.45, 7) is 7.08. The van der Waals surface area contributed by atoms with Crippen molar-refractivity contribution in [2.45, 2.75) is 45.1 Å². The molecule has 0 unspecified atom stereocenters. The number of H-pyrrole nitrogens is 1. The van der Waals surface area contributed by atoms with Crippen LogP contribution in [-0.2, 0) is 4.74 Å². The minimum Gasteiger partial charge on any atom is -0.444 e. The van der Waals surface area contributed by atoms with Gasteiger partial charge in [-0.25, -0.2) is 9.78 Å². The maximum Gasteiger partial charge on any atom is 0.410 e. The Balaban J connectivity index is 1.69. The normalized spacial score (nSPS) is 18.5. The van der Waals surface area contributed by atoms with Crippen LogP contribution in [0.15, 0.2) is 36.5 Å². The first-order valence-corrected chi connectivity index (χ1v) is 8.50. The second kappa shape index (κ2) is 6.67. The zero-order valence-electron chi connectivity index (χ0n) is 14.6. The lowest BCUT2D eigenvalue weighted by Gasteiger charge is -2.33. The number of amides is 1. The molecule has 2 heterocycles. The minimum absolute atomic E-state index is 0.226. The van der Waals surface area contributed by atoms with E-state index in [9.17, 15) is 4.79 Å². The van der Waals surface area contributed by atoms with E-state index in [-0.39, 0.29) is 12.0 Å². The second-order valence-corrected chi connectivity index (χ2v) is 7.31. The summed E-state index contributed by atoms with van der Waals surface area (Å²) in [5, 5.41) is 0. The molecular formula is C19H25N3O2. The molecule has 1 N–H and O–H groups in total. The van der Waals surface area contributed by atoms with E-state index >= 15 is 0 Å². The standard InChI is InChI=1S/C19H25N3O2/c1-19(2,3)24-18(23)22-11-7-10-15(13-22)17-20-12-16(21-17)14-8-5-4-6-9-14/h4-6,8-9,12,15H,7,10-11,13H2,1-3H3,(H,20,21)/t15-/m1/s1. The molecular weight excluding hydrogens is 302 g/mol. The van der Waals surface area contributed by atoms with Crippen LogP contribution < -0.4 is 0 Å². The molecule has 1 aliphatic heterocycles. The molecule has 1 aromatic heterocycles. The summed E-state index contributed by atoms with van der Waals surface area (Å²) in [5.41, 5.74) is 1.67. The summed E-state index contributed by atoms with van der Waals surface area (Å²) in [6, 6.07) is 10.2. The summed E-state index contributed by atoms with van der Waals surface area (Å²) < 4.78 is 5.49. The largest absolute Gasteiger partial charge is 0.444 e. The van der Waals surface area contributed by atoms with Gasteiger partial charge in [-0.2, -0.15) is 0 Å². The molecule has 5 nitrogen and oxygen atoms in total. The number of rotatable bonds is 2. The Bertz CT molecular complexity index is 688. The molecule has 1 aliphatic rings. The molecule has 5 heteroatoms. The number of aromatic nitrogens is 2. The molecule has 24 heavy (non-hydrogen) atoms. The lowest BCUT2D eigenvalue weighted by Crippen LogP contribution is -2.42. The van der Waals surface area contributed by atoms with Crippen LogP contribution in [0.5, 0.6) is 0 Å². The zero-order chi connectivity index (χ0) is 17.2. The molecule has 1 fully saturated rings. The Kier molecular flexibility index (Phi) is 4.60. The molecule has 128 valence electrons. The zero-order valence-corrected chi connectivity index (χ0v) is 14.6. The molecule has 3 rings (SSSR count). The van der Waals surface area contributed by atoms with Gasteiger partial charge in [-0.05, 0) is 39.2 Å². The van der Waals surface area contributed by atoms with Gasteiger partial charge >= 0.3 is 6.09 Å². The Morgan fingerprint density at radius 3 is 2.75 bits per heavy atom. The van der Waals surface area contributed by atoms with Gasteiger partial charge in [0.2, 0.25) is 0 Å². The van der Waals surface area contributed by atoms with Crippen molar-refractivity contribution in [3.63, 3.8) is 0 Å². The number of ether oxygens (including phenoxy) is 1. The number of hydrogen-bond donors (Lipinski definition) is 1. The van der Waals surface area contributed by atoms with E-state index in [0.717, 1.165) is 36.5 Å². The smallest absolute Gasteiger partial charge is 0.410 e. The maximum absolute atomic E-state index is 12.3. The Labute approximate surface area is 143 Å². The van der Waals surface area contributed by atoms with Gasteiger partial charge in [-0.15, -0.1) is 0 Å². The Morgan fingerprint density at radius 2 is 2.04 bits per heavy atom. The van der Waals surface area contributed by atoms with E-state index in [4.69, 9.17) is 4.74 Å². The number of hydrogen-bond acceptors (Lipinski definition) is 3. The van der Waals surface area contributed by atoms with Gasteiger partial charge in [-0.1, -0.05) is 30.3 Å². The maximum atomic E-state index is 12.3. The molecule has 0 bridgehead atoms. The number of carbonyl (C=O) groups excluding carboxylic acids is 1. The quantitative estimate of drug-likeness (QED) is 0.899. The van der Waals surface area contributed by atoms with Crippen molar-refractivity contribution in [1.29, 1.82) is 0 Å². The van der Waals surface area contributed by atoms with Gasteiger partial charge in [0.15, 0.2) is 0 Å². The second-order valence-electron chi connectivity index (χ2n) is 7.31. The average Bonchev–Trinajstić information content (AvgIpc) is 3.04. The van der Waals surface area contributed by atoms with Crippen LogP contribution in [0.1, 0.15) is 45.4 Å². The van der Waals surface area contributed by atoms with Crippen molar-refractivity contribution in [3.05, 3.63) is 42.4 Å². The lowest BCUT2D eigenvalue weighted by molar-refractivity contribution is 0.0196. The summed E-state index contributed by atoms with van der Waals surface area (Å²) in [4.78, 5) is 22.1. The van der Waals surface area contributed by atoms with E-state index in [1.165, 1.54) is 0 Å². The van der Waals surface area contributed by atoms with Gasteiger partial charge in [0, 0.05) is 19.0 Å².